The van der Waals surface area contributed by atoms with Crippen LogP contribution >= 0.6 is 11.8 Å². The van der Waals surface area contributed by atoms with Gasteiger partial charge in [-0.05, 0) is 30.3 Å². The number of carbonyl (C=O) groups excluding carboxylic acids is 2. The van der Waals surface area contributed by atoms with Crippen molar-refractivity contribution in [2.75, 3.05) is 0 Å². The van der Waals surface area contributed by atoms with E-state index in [1.54, 1.807) is 0 Å². The second-order valence-corrected chi connectivity index (χ2v) is 6.19. The molecule has 0 fully saturated rings. The Hall–Kier alpha value is -2.88. The number of nitrogens with zero attached hydrogens (tertiary/aromatic N) is 2. The lowest BCUT2D eigenvalue weighted by molar-refractivity contribution is -0.137. The minimum atomic E-state index is -4.43. The number of halogens is 3. The third-order valence-corrected chi connectivity index (χ3v) is 4.15. The van der Waals surface area contributed by atoms with Crippen molar-refractivity contribution in [2.45, 2.75) is 22.6 Å². The van der Waals surface area contributed by atoms with Crippen molar-refractivity contribution in [3.8, 4) is 0 Å². The van der Waals surface area contributed by atoms with Crippen LogP contribution in [0, 0.1) is 0 Å². The zero-order chi connectivity index (χ0) is 18.7. The highest BCUT2D eigenvalue weighted by Crippen LogP contribution is 2.35. The van der Waals surface area contributed by atoms with Gasteiger partial charge in [-0.15, -0.1) is 0 Å². The first-order chi connectivity index (χ1) is 12.3. The van der Waals surface area contributed by atoms with E-state index in [9.17, 15) is 22.8 Å². The second-order valence-electron chi connectivity index (χ2n) is 5.11. The summed E-state index contributed by atoms with van der Waals surface area (Å²) >= 11 is 0.981. The monoisotopic (exact) mass is 381 g/mol. The SMILES string of the molecule is O=C(Cc1ccc(Sc2cccc(C(F)(F)F)c2)o1)C(=O)c1ncn[nH]1. The maximum atomic E-state index is 12.7. The number of aromatic nitrogens is 3. The number of ketones is 2. The van der Waals surface area contributed by atoms with Crippen molar-refractivity contribution >= 4 is 23.3 Å². The molecule has 1 aromatic carbocycles. The Balaban J connectivity index is 1.67. The van der Waals surface area contributed by atoms with Crippen LogP contribution < -0.4 is 0 Å². The summed E-state index contributed by atoms with van der Waals surface area (Å²) in [4.78, 5) is 27.6. The predicted molar refractivity (Wildman–Crippen MR) is 83.7 cm³/mol. The van der Waals surface area contributed by atoms with Crippen molar-refractivity contribution in [1.29, 1.82) is 0 Å². The lowest BCUT2D eigenvalue weighted by Gasteiger charge is -2.07. The third-order valence-electron chi connectivity index (χ3n) is 3.23. The molecule has 10 heteroatoms. The van der Waals surface area contributed by atoms with E-state index in [0.29, 0.717) is 9.99 Å². The van der Waals surface area contributed by atoms with Crippen molar-refractivity contribution in [2.24, 2.45) is 0 Å². The van der Waals surface area contributed by atoms with Crippen LogP contribution in [0.25, 0.3) is 0 Å². The summed E-state index contributed by atoms with van der Waals surface area (Å²) in [6.07, 6.45) is -3.61. The van der Waals surface area contributed by atoms with E-state index in [0.717, 1.165) is 30.2 Å². The number of hydrogen-bond acceptors (Lipinski definition) is 6. The van der Waals surface area contributed by atoms with Gasteiger partial charge in [-0.1, -0.05) is 17.8 Å². The van der Waals surface area contributed by atoms with Crippen LogP contribution in [-0.4, -0.2) is 26.7 Å². The summed E-state index contributed by atoms with van der Waals surface area (Å²) in [5, 5.41) is 6.10. The molecule has 26 heavy (non-hydrogen) atoms. The molecule has 0 spiro atoms. The van der Waals surface area contributed by atoms with Gasteiger partial charge in [-0.2, -0.15) is 18.3 Å². The molecule has 1 N–H and O–H groups in total. The van der Waals surface area contributed by atoms with Crippen LogP contribution in [-0.2, 0) is 17.4 Å². The number of nitrogens with one attached hydrogen (secondary N) is 1. The Morgan fingerprint density at radius 2 is 2.00 bits per heavy atom. The summed E-state index contributed by atoms with van der Waals surface area (Å²) in [5.74, 6) is -1.52. The largest absolute Gasteiger partial charge is 0.454 e. The molecular weight excluding hydrogens is 371 g/mol. The summed E-state index contributed by atoms with van der Waals surface area (Å²) < 4.78 is 43.6. The average molecular weight is 381 g/mol. The predicted octanol–water partition coefficient (Wildman–Crippen LogP) is 3.56. The molecule has 0 aliphatic heterocycles. The Morgan fingerprint density at radius 1 is 1.19 bits per heavy atom. The number of H-pyrrole nitrogens is 1. The molecule has 3 aromatic rings. The fourth-order valence-corrected chi connectivity index (χ4v) is 2.90. The van der Waals surface area contributed by atoms with Gasteiger partial charge in [-0.25, -0.2) is 4.98 Å². The highest BCUT2D eigenvalue weighted by Gasteiger charge is 2.30. The molecule has 6 nitrogen and oxygen atoms in total. The maximum absolute atomic E-state index is 12.7. The van der Waals surface area contributed by atoms with Crippen LogP contribution in [0.4, 0.5) is 13.2 Å². The Morgan fingerprint density at radius 3 is 2.69 bits per heavy atom. The van der Waals surface area contributed by atoms with Crippen molar-refractivity contribution in [3.05, 3.63) is 59.9 Å². The van der Waals surface area contributed by atoms with Gasteiger partial charge in [0.25, 0.3) is 5.78 Å². The first-order valence-electron chi connectivity index (χ1n) is 7.19. The summed E-state index contributed by atoms with van der Waals surface area (Å²) in [6.45, 7) is 0. The standard InChI is InChI=1S/C16H10F3N3O3S/c17-16(18,19)9-2-1-3-11(6-9)26-13-5-4-10(25-13)7-12(23)14(24)15-20-8-21-22-15/h1-6,8H,7H2,(H,20,21,22). The van der Waals surface area contributed by atoms with E-state index < -0.39 is 23.3 Å². The van der Waals surface area contributed by atoms with Gasteiger partial charge in [0.15, 0.2) is 10.9 Å². The smallest absolute Gasteiger partial charge is 0.416 e. The molecule has 0 atom stereocenters. The van der Waals surface area contributed by atoms with Crippen LogP contribution in [0.5, 0.6) is 0 Å². The number of hydrogen-bond donors (Lipinski definition) is 1. The molecule has 0 amide bonds. The minimum Gasteiger partial charge on any atom is -0.454 e. The van der Waals surface area contributed by atoms with Gasteiger partial charge in [-0.3, -0.25) is 14.7 Å². The highest BCUT2D eigenvalue weighted by molar-refractivity contribution is 7.99. The van der Waals surface area contributed by atoms with Gasteiger partial charge in [0.05, 0.1) is 12.0 Å². The summed E-state index contributed by atoms with van der Waals surface area (Å²) in [5.41, 5.74) is -0.762. The number of aromatic amines is 1. The normalized spacial score (nSPS) is 11.5. The average Bonchev–Trinajstić information content (AvgIpc) is 3.26. The van der Waals surface area contributed by atoms with Crippen LogP contribution in [0.1, 0.15) is 21.9 Å². The third kappa shape index (κ3) is 4.20. The molecular formula is C16H10F3N3O3S. The van der Waals surface area contributed by atoms with Crippen molar-refractivity contribution in [1.82, 2.24) is 15.2 Å². The molecule has 0 aliphatic carbocycles. The molecule has 134 valence electrons. The van der Waals surface area contributed by atoms with E-state index in [2.05, 4.69) is 15.2 Å². The van der Waals surface area contributed by atoms with E-state index in [1.165, 1.54) is 24.3 Å². The highest BCUT2D eigenvalue weighted by atomic mass is 32.2. The zero-order valence-corrected chi connectivity index (χ0v) is 13.7. The van der Waals surface area contributed by atoms with Gasteiger partial charge in [0.2, 0.25) is 5.78 Å². The van der Waals surface area contributed by atoms with Crippen LogP contribution in [0.2, 0.25) is 0 Å². The number of rotatable bonds is 6. The molecule has 0 aliphatic rings. The number of alkyl halides is 3. The zero-order valence-electron chi connectivity index (χ0n) is 12.9. The number of benzene rings is 1. The lowest BCUT2D eigenvalue weighted by Crippen LogP contribution is -2.17. The van der Waals surface area contributed by atoms with Crippen molar-refractivity contribution in [3.63, 3.8) is 0 Å². The Bertz CT molecular complexity index is 936. The van der Waals surface area contributed by atoms with Gasteiger partial charge in [0.1, 0.15) is 12.1 Å². The van der Waals surface area contributed by atoms with E-state index in [4.69, 9.17) is 4.42 Å². The van der Waals surface area contributed by atoms with Crippen molar-refractivity contribution < 1.29 is 27.2 Å². The molecule has 0 bridgehead atoms. The Kier molecular flexibility index (Phi) is 4.94. The summed E-state index contributed by atoms with van der Waals surface area (Å²) in [7, 11) is 0. The first kappa shape index (κ1) is 17.9. The van der Waals surface area contributed by atoms with Crippen LogP contribution in [0.3, 0.4) is 0 Å². The molecule has 3 rings (SSSR count). The van der Waals surface area contributed by atoms with E-state index in [-0.39, 0.29) is 18.0 Å². The van der Waals surface area contributed by atoms with E-state index >= 15 is 0 Å². The fourth-order valence-electron chi connectivity index (χ4n) is 2.05. The number of carbonyl (C=O) groups is 2. The molecule has 2 heterocycles. The lowest BCUT2D eigenvalue weighted by atomic mass is 10.1. The number of furan rings is 1. The Labute approximate surface area is 148 Å². The number of Topliss-reactive ketones (excluding diaryl/α,β-unsaturated/α-hetero) is 2. The minimum absolute atomic E-state index is 0.167. The molecule has 0 radical (unpaired) electrons. The maximum Gasteiger partial charge on any atom is 0.416 e. The molecule has 0 saturated carbocycles. The topological polar surface area (TPSA) is 88.8 Å². The second kappa shape index (κ2) is 7.16. The summed E-state index contributed by atoms with van der Waals surface area (Å²) in [6, 6.07) is 7.81. The van der Waals surface area contributed by atoms with E-state index in [1.807, 2.05) is 0 Å². The van der Waals surface area contributed by atoms with Gasteiger partial charge in [0, 0.05) is 4.90 Å². The fraction of sp³-hybridized carbons (Fsp3) is 0.125. The first-order valence-corrected chi connectivity index (χ1v) is 8.01. The molecule has 0 unspecified atom stereocenters. The van der Waals surface area contributed by atoms with Gasteiger partial charge >= 0.3 is 6.18 Å². The quantitative estimate of drug-likeness (QED) is 0.519. The van der Waals surface area contributed by atoms with Gasteiger partial charge < -0.3 is 4.42 Å². The molecule has 0 saturated heterocycles. The molecule has 2 aromatic heterocycles. The van der Waals surface area contributed by atoms with Crippen LogP contribution in [0.15, 0.2) is 57.1 Å².